The Hall–Kier alpha value is -1.97. The molecule has 0 radical (unpaired) electrons. The third-order valence-corrected chi connectivity index (χ3v) is 5.38. The average Bonchev–Trinajstić information content (AvgIpc) is 3.20. The van der Waals surface area contributed by atoms with Gasteiger partial charge in [0.25, 0.3) is 0 Å². The van der Waals surface area contributed by atoms with E-state index in [9.17, 15) is 19.2 Å². The first-order chi connectivity index (χ1) is 12.8. The van der Waals surface area contributed by atoms with Crippen LogP contribution in [0.25, 0.3) is 0 Å². The zero-order valence-corrected chi connectivity index (χ0v) is 16.9. The fraction of sp³-hybridized carbons (Fsp3) is 0.765. The summed E-state index contributed by atoms with van der Waals surface area (Å²) in [6, 6.07) is -2.40. The van der Waals surface area contributed by atoms with Gasteiger partial charge in [-0.05, 0) is 39.4 Å². The number of urea groups is 1. The number of primary amides is 1. The Kier molecular flexibility index (Phi) is 7.34. The minimum Gasteiger partial charge on any atom is -0.368 e. The lowest BCUT2D eigenvalue weighted by Crippen LogP contribution is -2.59. The minimum absolute atomic E-state index is 0.0485. The summed E-state index contributed by atoms with van der Waals surface area (Å²) in [4.78, 5) is 52.6. The highest BCUT2D eigenvalue weighted by Gasteiger charge is 2.46. The summed E-state index contributed by atoms with van der Waals surface area (Å²) < 4.78 is 0. The van der Waals surface area contributed by atoms with Gasteiger partial charge >= 0.3 is 6.03 Å². The standard InChI is InChI=1S/C17H29N5O4S/c1-10(2)19-17(26)20-11-6-8-22(13(23)9-27-3)14(11)16(25)21-7-4-5-12(21)15(18)24/h10-12,14H,4-9H2,1-3H3,(H2,18,24)(H2,19,20,26). The van der Waals surface area contributed by atoms with Gasteiger partial charge in [-0.2, -0.15) is 11.8 Å². The van der Waals surface area contributed by atoms with Crippen LogP contribution in [0, 0.1) is 0 Å². The maximum atomic E-state index is 13.2. The van der Waals surface area contributed by atoms with Crippen molar-refractivity contribution in [3.8, 4) is 0 Å². The van der Waals surface area contributed by atoms with E-state index >= 15 is 0 Å². The SMILES string of the molecule is CSCC(=O)N1CCC(NC(=O)NC(C)C)C1C(=O)N1CCCC1C(N)=O. The normalized spacial score (nSPS) is 25.0. The largest absolute Gasteiger partial charge is 0.368 e. The summed E-state index contributed by atoms with van der Waals surface area (Å²) in [6.07, 6.45) is 3.52. The third kappa shape index (κ3) is 5.06. The van der Waals surface area contributed by atoms with E-state index in [1.165, 1.54) is 21.6 Å². The molecule has 152 valence electrons. The fourth-order valence-electron chi connectivity index (χ4n) is 3.70. The number of rotatable bonds is 6. The van der Waals surface area contributed by atoms with Crippen molar-refractivity contribution in [1.82, 2.24) is 20.4 Å². The lowest BCUT2D eigenvalue weighted by Gasteiger charge is -2.33. The molecule has 4 N–H and O–H groups in total. The Balaban J connectivity index is 2.21. The first kappa shape index (κ1) is 21.3. The molecule has 3 unspecified atom stereocenters. The molecule has 0 aliphatic carbocycles. The van der Waals surface area contributed by atoms with Crippen LogP contribution in [0.15, 0.2) is 0 Å². The number of hydrogen-bond acceptors (Lipinski definition) is 5. The molecule has 0 spiro atoms. The molecule has 0 aromatic carbocycles. The molecule has 2 aliphatic heterocycles. The Bertz CT molecular complexity index is 600. The second-order valence-corrected chi connectivity index (χ2v) is 8.09. The second kappa shape index (κ2) is 9.29. The van der Waals surface area contributed by atoms with Gasteiger partial charge in [-0.25, -0.2) is 4.79 Å². The zero-order valence-electron chi connectivity index (χ0n) is 16.1. The molecule has 2 saturated heterocycles. The Labute approximate surface area is 163 Å². The molecule has 0 saturated carbocycles. The van der Waals surface area contributed by atoms with Crippen LogP contribution in [-0.4, -0.2) is 82.8 Å². The lowest BCUT2D eigenvalue weighted by atomic mass is 10.1. The molecule has 2 rings (SSSR count). The molecule has 2 heterocycles. The van der Waals surface area contributed by atoms with Gasteiger partial charge in [0.15, 0.2) is 0 Å². The second-order valence-electron chi connectivity index (χ2n) is 7.22. The van der Waals surface area contributed by atoms with Crippen LogP contribution >= 0.6 is 11.8 Å². The molecule has 0 bridgehead atoms. The van der Waals surface area contributed by atoms with Crippen LogP contribution < -0.4 is 16.4 Å². The number of nitrogens with one attached hydrogen (secondary N) is 2. The molecule has 2 fully saturated rings. The van der Waals surface area contributed by atoms with Crippen molar-refractivity contribution in [1.29, 1.82) is 0 Å². The van der Waals surface area contributed by atoms with E-state index in [-0.39, 0.29) is 29.6 Å². The maximum absolute atomic E-state index is 13.2. The van der Waals surface area contributed by atoms with E-state index in [4.69, 9.17) is 5.73 Å². The Morgan fingerprint density at radius 2 is 1.85 bits per heavy atom. The third-order valence-electron chi connectivity index (χ3n) is 4.84. The summed E-state index contributed by atoms with van der Waals surface area (Å²) in [5, 5.41) is 5.56. The van der Waals surface area contributed by atoms with Crippen LogP contribution in [-0.2, 0) is 14.4 Å². The van der Waals surface area contributed by atoms with E-state index in [0.717, 1.165) is 0 Å². The van der Waals surface area contributed by atoms with Gasteiger partial charge in [0, 0.05) is 19.1 Å². The van der Waals surface area contributed by atoms with Gasteiger partial charge in [0.2, 0.25) is 17.7 Å². The van der Waals surface area contributed by atoms with Crippen molar-refractivity contribution >= 4 is 35.5 Å². The lowest BCUT2D eigenvalue weighted by molar-refractivity contribution is -0.145. The van der Waals surface area contributed by atoms with Crippen molar-refractivity contribution in [2.75, 3.05) is 25.1 Å². The summed E-state index contributed by atoms with van der Waals surface area (Å²) in [5.41, 5.74) is 5.44. The van der Waals surface area contributed by atoms with Gasteiger partial charge in [0.05, 0.1) is 11.8 Å². The number of thioether (sulfide) groups is 1. The first-order valence-electron chi connectivity index (χ1n) is 9.21. The van der Waals surface area contributed by atoms with Gasteiger partial charge in [0.1, 0.15) is 12.1 Å². The number of nitrogens with zero attached hydrogens (tertiary/aromatic N) is 2. The van der Waals surface area contributed by atoms with E-state index < -0.39 is 24.0 Å². The van der Waals surface area contributed by atoms with E-state index in [1.54, 1.807) is 0 Å². The molecule has 27 heavy (non-hydrogen) atoms. The number of carbonyl (C=O) groups excluding carboxylic acids is 4. The highest BCUT2D eigenvalue weighted by atomic mass is 32.2. The summed E-state index contributed by atoms with van der Waals surface area (Å²) in [5.74, 6) is -0.751. The first-order valence-corrected chi connectivity index (χ1v) is 10.6. The summed E-state index contributed by atoms with van der Waals surface area (Å²) in [7, 11) is 0. The van der Waals surface area contributed by atoms with Gasteiger partial charge in [-0.1, -0.05) is 0 Å². The van der Waals surface area contributed by atoms with Crippen LogP contribution in [0.2, 0.25) is 0 Å². The molecule has 5 amide bonds. The topological polar surface area (TPSA) is 125 Å². The number of nitrogens with two attached hydrogens (primary N) is 1. The quantitative estimate of drug-likeness (QED) is 0.555. The van der Waals surface area contributed by atoms with Crippen molar-refractivity contribution in [2.45, 2.75) is 57.3 Å². The Morgan fingerprint density at radius 3 is 2.44 bits per heavy atom. The molecule has 2 aliphatic rings. The molecule has 3 atom stereocenters. The molecule has 0 aromatic heterocycles. The fourth-order valence-corrected chi connectivity index (χ4v) is 4.12. The van der Waals surface area contributed by atoms with Crippen LogP contribution in [0.1, 0.15) is 33.1 Å². The van der Waals surface area contributed by atoms with Crippen molar-refractivity contribution in [3.05, 3.63) is 0 Å². The van der Waals surface area contributed by atoms with Crippen LogP contribution in [0.5, 0.6) is 0 Å². The molecule has 10 heteroatoms. The predicted molar refractivity (Wildman–Crippen MR) is 103 cm³/mol. The molecular weight excluding hydrogens is 370 g/mol. The van der Waals surface area contributed by atoms with Crippen molar-refractivity contribution in [2.24, 2.45) is 5.73 Å². The van der Waals surface area contributed by atoms with E-state index in [2.05, 4.69) is 10.6 Å². The van der Waals surface area contributed by atoms with Gasteiger partial charge in [-0.3, -0.25) is 14.4 Å². The Morgan fingerprint density at radius 1 is 1.15 bits per heavy atom. The predicted octanol–water partition coefficient (Wildman–Crippen LogP) is -0.497. The van der Waals surface area contributed by atoms with Crippen LogP contribution in [0.4, 0.5) is 4.79 Å². The molecular formula is C17H29N5O4S. The van der Waals surface area contributed by atoms with Crippen LogP contribution in [0.3, 0.4) is 0 Å². The number of amides is 5. The van der Waals surface area contributed by atoms with Crippen molar-refractivity contribution < 1.29 is 19.2 Å². The number of likely N-dealkylation sites (tertiary alicyclic amines) is 2. The number of carbonyl (C=O) groups is 4. The molecule has 9 nitrogen and oxygen atoms in total. The minimum atomic E-state index is -0.817. The van der Waals surface area contributed by atoms with Crippen molar-refractivity contribution in [3.63, 3.8) is 0 Å². The molecule has 0 aromatic rings. The maximum Gasteiger partial charge on any atom is 0.315 e. The van der Waals surface area contributed by atoms with E-state index in [0.29, 0.717) is 32.4 Å². The average molecular weight is 400 g/mol. The van der Waals surface area contributed by atoms with Gasteiger partial charge in [-0.15, -0.1) is 0 Å². The van der Waals surface area contributed by atoms with E-state index in [1.807, 2.05) is 20.1 Å². The highest BCUT2D eigenvalue weighted by molar-refractivity contribution is 7.99. The summed E-state index contributed by atoms with van der Waals surface area (Å²) in [6.45, 7) is 4.50. The zero-order chi connectivity index (χ0) is 20.1. The highest BCUT2D eigenvalue weighted by Crippen LogP contribution is 2.26. The smallest absolute Gasteiger partial charge is 0.315 e. The number of hydrogen-bond donors (Lipinski definition) is 3. The monoisotopic (exact) mass is 399 g/mol. The summed E-state index contributed by atoms with van der Waals surface area (Å²) >= 11 is 1.38. The van der Waals surface area contributed by atoms with Gasteiger partial charge < -0.3 is 26.2 Å².